The largest absolute Gasteiger partial charge is 0.293 e. The number of unbranched alkanes of at least 4 members (excludes halogenated alkanes) is 3. The molecule has 0 N–H and O–H groups in total. The van der Waals surface area contributed by atoms with Gasteiger partial charge >= 0.3 is 0 Å². The molecule has 0 aliphatic carbocycles. The Morgan fingerprint density at radius 2 is 2.00 bits per heavy atom. The quantitative estimate of drug-likeness (QED) is 0.572. The maximum absolute atomic E-state index is 2.59. The van der Waals surface area contributed by atoms with Gasteiger partial charge < -0.3 is 0 Å². The van der Waals surface area contributed by atoms with Crippen LogP contribution in [0.5, 0.6) is 0 Å². The number of rotatable bonds is 9. The van der Waals surface area contributed by atoms with Gasteiger partial charge in [-0.2, -0.15) is 11.8 Å². The lowest BCUT2D eigenvalue weighted by atomic mass is 10.2. The van der Waals surface area contributed by atoms with E-state index in [0.29, 0.717) is 0 Å². The third kappa shape index (κ3) is 7.53. The summed E-state index contributed by atoms with van der Waals surface area (Å²) in [6.07, 6.45) is 7.03. The summed E-state index contributed by atoms with van der Waals surface area (Å²) in [4.78, 5) is 2.59. The molecule has 0 bridgehead atoms. The Labute approximate surface area is 104 Å². The van der Waals surface area contributed by atoms with Crippen molar-refractivity contribution in [2.75, 3.05) is 36.2 Å². The van der Waals surface area contributed by atoms with Crippen molar-refractivity contribution < 1.29 is 0 Å². The van der Waals surface area contributed by atoms with Crippen LogP contribution < -0.4 is 0 Å². The maximum Gasteiger partial charge on any atom is 0.0445 e. The van der Waals surface area contributed by atoms with E-state index in [4.69, 9.17) is 0 Å². The van der Waals surface area contributed by atoms with Gasteiger partial charge in [0.15, 0.2) is 0 Å². The van der Waals surface area contributed by atoms with Gasteiger partial charge in [0, 0.05) is 18.2 Å². The number of hydrogen-bond acceptors (Lipinski definition) is 3. The Balaban J connectivity index is 1.73. The van der Waals surface area contributed by atoms with Gasteiger partial charge in [-0.1, -0.05) is 26.2 Å². The van der Waals surface area contributed by atoms with E-state index in [-0.39, 0.29) is 0 Å². The summed E-state index contributed by atoms with van der Waals surface area (Å²) in [5.74, 6) is 5.38. The Kier molecular flexibility index (Phi) is 9.02. The second-order valence-electron chi connectivity index (χ2n) is 4.18. The first-order valence-electron chi connectivity index (χ1n) is 6.31. The van der Waals surface area contributed by atoms with E-state index in [1.54, 1.807) is 0 Å². The highest BCUT2D eigenvalue weighted by atomic mass is 32.2. The summed E-state index contributed by atoms with van der Waals surface area (Å²) in [5.41, 5.74) is 0. The average Bonchev–Trinajstić information content (AvgIpc) is 2.75. The average molecular weight is 247 g/mol. The fraction of sp³-hybridized carbons (Fsp3) is 1.00. The van der Waals surface area contributed by atoms with Crippen molar-refractivity contribution in [3.63, 3.8) is 0 Å². The molecule has 0 unspecified atom stereocenters. The fourth-order valence-electron chi connectivity index (χ4n) is 1.75. The standard InChI is InChI=1S/C12H25NS2/c1-2-3-4-5-9-14-10-6-7-13-8-11-15-12-13/h2-12H2,1H3. The molecule has 0 spiro atoms. The summed E-state index contributed by atoms with van der Waals surface area (Å²) < 4.78 is 0. The van der Waals surface area contributed by atoms with Crippen molar-refractivity contribution in [2.45, 2.75) is 39.0 Å². The first-order valence-corrected chi connectivity index (χ1v) is 8.62. The summed E-state index contributed by atoms with van der Waals surface area (Å²) in [7, 11) is 0. The molecule has 1 rings (SSSR count). The fourth-order valence-corrected chi connectivity index (χ4v) is 3.73. The highest BCUT2D eigenvalue weighted by molar-refractivity contribution is 7.99. The Hall–Kier alpha value is 0.660. The van der Waals surface area contributed by atoms with Crippen molar-refractivity contribution >= 4 is 23.5 Å². The van der Waals surface area contributed by atoms with E-state index in [2.05, 4.69) is 35.3 Å². The van der Waals surface area contributed by atoms with E-state index < -0.39 is 0 Å². The zero-order valence-electron chi connectivity index (χ0n) is 10.0. The van der Waals surface area contributed by atoms with E-state index in [1.165, 1.54) is 68.3 Å². The number of nitrogens with zero attached hydrogens (tertiary/aromatic N) is 1. The Bertz CT molecular complexity index is 136. The van der Waals surface area contributed by atoms with Crippen LogP contribution >= 0.6 is 23.5 Å². The Morgan fingerprint density at radius 3 is 2.73 bits per heavy atom. The topological polar surface area (TPSA) is 3.24 Å². The van der Waals surface area contributed by atoms with Gasteiger partial charge in [0.25, 0.3) is 0 Å². The molecule has 0 atom stereocenters. The molecule has 0 aromatic heterocycles. The monoisotopic (exact) mass is 247 g/mol. The molecular formula is C12H25NS2. The molecule has 0 amide bonds. The predicted octanol–water partition coefficient (Wildman–Crippen LogP) is 3.70. The molecule has 1 aliphatic rings. The summed E-state index contributed by atoms with van der Waals surface area (Å²) in [6.45, 7) is 4.93. The van der Waals surface area contributed by atoms with Gasteiger partial charge in [-0.15, -0.1) is 11.8 Å². The zero-order chi connectivity index (χ0) is 10.8. The summed E-state index contributed by atoms with van der Waals surface area (Å²) in [5, 5.41) is 0. The van der Waals surface area contributed by atoms with Gasteiger partial charge in [-0.3, -0.25) is 4.90 Å². The van der Waals surface area contributed by atoms with E-state index >= 15 is 0 Å². The summed E-state index contributed by atoms with van der Waals surface area (Å²) in [6, 6.07) is 0. The van der Waals surface area contributed by atoms with Gasteiger partial charge in [0.2, 0.25) is 0 Å². The minimum Gasteiger partial charge on any atom is -0.293 e. The van der Waals surface area contributed by atoms with E-state index in [9.17, 15) is 0 Å². The van der Waals surface area contributed by atoms with Gasteiger partial charge in [-0.25, -0.2) is 0 Å². The second kappa shape index (κ2) is 9.86. The predicted molar refractivity (Wildman–Crippen MR) is 75.0 cm³/mol. The Morgan fingerprint density at radius 1 is 1.13 bits per heavy atom. The maximum atomic E-state index is 2.59. The van der Waals surface area contributed by atoms with Crippen molar-refractivity contribution in [2.24, 2.45) is 0 Å². The van der Waals surface area contributed by atoms with Crippen LogP contribution in [-0.4, -0.2) is 41.1 Å². The van der Waals surface area contributed by atoms with Crippen molar-refractivity contribution in [1.29, 1.82) is 0 Å². The van der Waals surface area contributed by atoms with Crippen molar-refractivity contribution in [1.82, 2.24) is 4.90 Å². The highest BCUT2D eigenvalue weighted by Gasteiger charge is 2.10. The van der Waals surface area contributed by atoms with Crippen molar-refractivity contribution in [3.8, 4) is 0 Å². The lowest BCUT2D eigenvalue weighted by molar-refractivity contribution is 0.358. The smallest absolute Gasteiger partial charge is 0.0445 e. The molecule has 90 valence electrons. The molecule has 1 fully saturated rings. The molecule has 0 saturated carbocycles. The molecule has 0 aromatic carbocycles. The van der Waals surface area contributed by atoms with Crippen LogP contribution in [0, 0.1) is 0 Å². The van der Waals surface area contributed by atoms with Crippen LogP contribution in [0.2, 0.25) is 0 Å². The molecule has 0 radical (unpaired) electrons. The molecule has 15 heavy (non-hydrogen) atoms. The molecular weight excluding hydrogens is 222 g/mol. The third-order valence-corrected chi connectivity index (χ3v) is 4.90. The molecule has 1 aliphatic heterocycles. The first kappa shape index (κ1) is 13.7. The second-order valence-corrected chi connectivity index (χ2v) is 6.48. The highest BCUT2D eigenvalue weighted by Crippen LogP contribution is 2.14. The lowest BCUT2D eigenvalue weighted by Crippen LogP contribution is -2.21. The van der Waals surface area contributed by atoms with Gasteiger partial charge in [-0.05, 0) is 30.9 Å². The molecule has 1 saturated heterocycles. The van der Waals surface area contributed by atoms with E-state index in [0.717, 1.165) is 0 Å². The zero-order valence-corrected chi connectivity index (χ0v) is 11.7. The van der Waals surface area contributed by atoms with E-state index in [1.807, 2.05) is 0 Å². The number of thioether (sulfide) groups is 2. The van der Waals surface area contributed by atoms with Gasteiger partial charge in [0.05, 0.1) is 0 Å². The lowest BCUT2D eigenvalue weighted by Gasteiger charge is -2.12. The summed E-state index contributed by atoms with van der Waals surface area (Å²) >= 11 is 4.23. The van der Waals surface area contributed by atoms with Crippen LogP contribution in [0.25, 0.3) is 0 Å². The van der Waals surface area contributed by atoms with Crippen LogP contribution in [-0.2, 0) is 0 Å². The number of hydrogen-bond donors (Lipinski definition) is 0. The van der Waals surface area contributed by atoms with Crippen LogP contribution in [0.1, 0.15) is 39.0 Å². The molecule has 0 aromatic rings. The van der Waals surface area contributed by atoms with Crippen molar-refractivity contribution in [3.05, 3.63) is 0 Å². The van der Waals surface area contributed by atoms with Crippen LogP contribution in [0.4, 0.5) is 0 Å². The molecule has 3 heteroatoms. The minimum atomic E-state index is 1.28. The minimum absolute atomic E-state index is 1.28. The van der Waals surface area contributed by atoms with Gasteiger partial charge in [0.1, 0.15) is 0 Å². The normalized spacial score (nSPS) is 17.4. The third-order valence-electron chi connectivity index (χ3n) is 2.73. The molecule has 1 nitrogen and oxygen atoms in total. The van der Waals surface area contributed by atoms with Crippen LogP contribution in [0.15, 0.2) is 0 Å². The molecule has 1 heterocycles. The SMILES string of the molecule is CCCCCCSCCCN1CCSC1. The van der Waals surface area contributed by atoms with Crippen LogP contribution in [0.3, 0.4) is 0 Å². The first-order chi connectivity index (χ1) is 7.43.